The van der Waals surface area contributed by atoms with Crippen LogP contribution in [0.2, 0.25) is 0 Å². The molecule has 0 saturated heterocycles. The Labute approximate surface area is 163 Å². The second-order valence-corrected chi connectivity index (χ2v) is 9.17. The van der Waals surface area contributed by atoms with Gasteiger partial charge < -0.3 is 10.1 Å². The number of hydrogen-bond acceptors (Lipinski definition) is 4. The minimum Gasteiger partial charge on any atom is -0.491 e. The van der Waals surface area contributed by atoms with E-state index in [1.54, 1.807) is 19.2 Å². The summed E-state index contributed by atoms with van der Waals surface area (Å²) in [6.07, 6.45) is 0.168. The van der Waals surface area contributed by atoms with E-state index in [4.69, 9.17) is 4.74 Å². The van der Waals surface area contributed by atoms with Gasteiger partial charge in [0, 0.05) is 26.2 Å². The van der Waals surface area contributed by atoms with Crippen LogP contribution in [0, 0.1) is 0 Å². The van der Waals surface area contributed by atoms with Gasteiger partial charge in [-0.05, 0) is 63.1 Å². The van der Waals surface area contributed by atoms with Crippen molar-refractivity contribution in [2.45, 2.75) is 57.8 Å². The topological polar surface area (TPSA) is 58.6 Å². The molecule has 0 atom stereocenters. The normalized spacial score (nSPS) is 12.1. The third-order valence-electron chi connectivity index (χ3n) is 4.28. The maximum Gasteiger partial charge on any atom is 0.243 e. The quantitative estimate of drug-likeness (QED) is 0.708. The SMILES string of the molecule is CC(C)Oc1ccc(CNCc2ccc(S(=O)(=O)N(C)C(C)C)cc2)cc1. The summed E-state index contributed by atoms with van der Waals surface area (Å²) in [5, 5.41) is 3.38. The monoisotopic (exact) mass is 390 g/mol. The lowest BCUT2D eigenvalue weighted by atomic mass is 10.2. The number of rotatable bonds is 9. The van der Waals surface area contributed by atoms with E-state index in [0.717, 1.165) is 17.9 Å². The molecule has 6 heteroatoms. The first-order valence-electron chi connectivity index (χ1n) is 9.23. The van der Waals surface area contributed by atoms with Crippen molar-refractivity contribution in [1.82, 2.24) is 9.62 Å². The maximum absolute atomic E-state index is 12.5. The van der Waals surface area contributed by atoms with E-state index >= 15 is 0 Å². The first-order valence-corrected chi connectivity index (χ1v) is 10.7. The molecule has 0 fully saturated rings. The first kappa shape index (κ1) is 21.4. The Balaban J connectivity index is 1.90. The molecule has 0 amide bonds. The van der Waals surface area contributed by atoms with Crippen LogP contribution in [0.1, 0.15) is 38.8 Å². The Morgan fingerprint density at radius 3 is 1.81 bits per heavy atom. The molecule has 0 saturated carbocycles. The Bertz CT molecular complexity index is 814. The second kappa shape index (κ2) is 9.35. The fourth-order valence-corrected chi connectivity index (χ4v) is 3.90. The van der Waals surface area contributed by atoms with Crippen LogP contribution in [0.25, 0.3) is 0 Å². The van der Waals surface area contributed by atoms with E-state index in [0.29, 0.717) is 11.4 Å². The molecule has 0 aromatic heterocycles. The number of sulfonamides is 1. The molecule has 2 aromatic rings. The summed E-state index contributed by atoms with van der Waals surface area (Å²) in [5.74, 6) is 0.872. The van der Waals surface area contributed by atoms with Gasteiger partial charge in [0.25, 0.3) is 0 Å². The zero-order chi connectivity index (χ0) is 20.0. The van der Waals surface area contributed by atoms with Gasteiger partial charge in [0.05, 0.1) is 11.0 Å². The second-order valence-electron chi connectivity index (χ2n) is 7.17. The average molecular weight is 391 g/mol. The molecule has 0 spiro atoms. The number of nitrogens with zero attached hydrogens (tertiary/aromatic N) is 1. The summed E-state index contributed by atoms with van der Waals surface area (Å²) in [5.41, 5.74) is 2.21. The first-order chi connectivity index (χ1) is 12.7. The molecule has 2 aromatic carbocycles. The maximum atomic E-state index is 12.5. The summed E-state index contributed by atoms with van der Waals surface area (Å²) in [7, 11) is -1.83. The Hall–Kier alpha value is -1.89. The van der Waals surface area contributed by atoms with E-state index < -0.39 is 10.0 Å². The summed E-state index contributed by atoms with van der Waals surface area (Å²) >= 11 is 0. The van der Waals surface area contributed by atoms with E-state index in [1.165, 1.54) is 9.87 Å². The van der Waals surface area contributed by atoms with Crippen molar-refractivity contribution in [3.05, 3.63) is 59.7 Å². The van der Waals surface area contributed by atoms with Gasteiger partial charge in [-0.25, -0.2) is 8.42 Å². The number of ether oxygens (including phenoxy) is 1. The number of hydrogen-bond donors (Lipinski definition) is 1. The van der Waals surface area contributed by atoms with Crippen molar-refractivity contribution in [1.29, 1.82) is 0 Å². The fourth-order valence-electron chi connectivity index (χ4n) is 2.53. The molecular weight excluding hydrogens is 360 g/mol. The van der Waals surface area contributed by atoms with Crippen molar-refractivity contribution < 1.29 is 13.2 Å². The summed E-state index contributed by atoms with van der Waals surface area (Å²) < 4.78 is 32.0. The molecule has 0 radical (unpaired) electrons. The van der Waals surface area contributed by atoms with Crippen LogP contribution >= 0.6 is 0 Å². The van der Waals surface area contributed by atoms with Crippen LogP contribution in [0.5, 0.6) is 5.75 Å². The number of nitrogens with one attached hydrogen (secondary N) is 1. The zero-order valence-electron chi connectivity index (χ0n) is 16.8. The predicted molar refractivity (Wildman–Crippen MR) is 109 cm³/mol. The lowest BCUT2D eigenvalue weighted by Gasteiger charge is -2.21. The van der Waals surface area contributed by atoms with E-state index in [9.17, 15) is 8.42 Å². The lowest BCUT2D eigenvalue weighted by Crippen LogP contribution is -2.33. The van der Waals surface area contributed by atoms with E-state index in [-0.39, 0.29) is 12.1 Å². The van der Waals surface area contributed by atoms with Gasteiger partial charge in [-0.2, -0.15) is 4.31 Å². The van der Waals surface area contributed by atoms with Crippen LogP contribution in [-0.4, -0.2) is 31.9 Å². The summed E-state index contributed by atoms with van der Waals surface area (Å²) in [6, 6.07) is 15.0. The molecule has 0 heterocycles. The van der Waals surface area contributed by atoms with Gasteiger partial charge in [0.2, 0.25) is 10.0 Å². The molecule has 148 valence electrons. The largest absolute Gasteiger partial charge is 0.491 e. The lowest BCUT2D eigenvalue weighted by molar-refractivity contribution is 0.242. The highest BCUT2D eigenvalue weighted by molar-refractivity contribution is 7.89. The van der Waals surface area contributed by atoms with Crippen LogP contribution in [0.3, 0.4) is 0 Å². The zero-order valence-corrected chi connectivity index (χ0v) is 17.6. The minimum atomic E-state index is -3.43. The third-order valence-corrected chi connectivity index (χ3v) is 6.33. The van der Waals surface area contributed by atoms with Crippen LogP contribution in [-0.2, 0) is 23.1 Å². The average Bonchev–Trinajstić information content (AvgIpc) is 2.62. The number of benzene rings is 2. The standard InChI is InChI=1S/C21H30N2O3S/c1-16(2)23(5)27(24,25)21-12-8-19(9-13-21)15-22-14-18-6-10-20(11-7-18)26-17(3)4/h6-13,16-17,22H,14-15H2,1-5H3. The molecule has 0 aliphatic rings. The predicted octanol–water partition coefficient (Wildman–Crippen LogP) is 3.79. The van der Waals surface area contributed by atoms with Gasteiger partial charge in [-0.1, -0.05) is 24.3 Å². The Morgan fingerprint density at radius 2 is 1.37 bits per heavy atom. The third kappa shape index (κ3) is 6.06. The molecule has 0 unspecified atom stereocenters. The van der Waals surface area contributed by atoms with Gasteiger partial charge in [-0.15, -0.1) is 0 Å². The molecular formula is C21H30N2O3S. The van der Waals surface area contributed by atoms with Gasteiger partial charge >= 0.3 is 0 Å². The van der Waals surface area contributed by atoms with Gasteiger partial charge in [0.15, 0.2) is 0 Å². The van der Waals surface area contributed by atoms with E-state index in [1.807, 2.05) is 64.1 Å². The van der Waals surface area contributed by atoms with Crippen molar-refractivity contribution in [2.75, 3.05) is 7.05 Å². The van der Waals surface area contributed by atoms with Gasteiger partial charge in [0.1, 0.15) is 5.75 Å². The molecule has 0 aliphatic carbocycles. The van der Waals surface area contributed by atoms with Gasteiger partial charge in [-0.3, -0.25) is 0 Å². The molecule has 0 bridgehead atoms. The highest BCUT2D eigenvalue weighted by Crippen LogP contribution is 2.17. The highest BCUT2D eigenvalue weighted by atomic mass is 32.2. The smallest absolute Gasteiger partial charge is 0.243 e. The Morgan fingerprint density at radius 1 is 0.889 bits per heavy atom. The van der Waals surface area contributed by atoms with Crippen molar-refractivity contribution in [3.63, 3.8) is 0 Å². The van der Waals surface area contributed by atoms with Crippen molar-refractivity contribution in [3.8, 4) is 5.75 Å². The van der Waals surface area contributed by atoms with Crippen molar-refractivity contribution >= 4 is 10.0 Å². The molecule has 27 heavy (non-hydrogen) atoms. The molecule has 5 nitrogen and oxygen atoms in total. The molecule has 1 N–H and O–H groups in total. The minimum absolute atomic E-state index is 0.0753. The van der Waals surface area contributed by atoms with Crippen LogP contribution < -0.4 is 10.1 Å². The summed E-state index contributed by atoms with van der Waals surface area (Å²) in [6.45, 7) is 9.14. The molecule has 2 rings (SSSR count). The highest BCUT2D eigenvalue weighted by Gasteiger charge is 2.22. The molecule has 0 aliphatic heterocycles. The van der Waals surface area contributed by atoms with Crippen LogP contribution in [0.15, 0.2) is 53.4 Å². The summed E-state index contributed by atoms with van der Waals surface area (Å²) in [4.78, 5) is 0.322. The Kier molecular flexibility index (Phi) is 7.41. The van der Waals surface area contributed by atoms with Crippen molar-refractivity contribution in [2.24, 2.45) is 0 Å². The fraction of sp³-hybridized carbons (Fsp3) is 0.429. The van der Waals surface area contributed by atoms with E-state index in [2.05, 4.69) is 5.32 Å². The van der Waals surface area contributed by atoms with Crippen LogP contribution in [0.4, 0.5) is 0 Å².